The van der Waals surface area contributed by atoms with Crippen molar-refractivity contribution in [2.75, 3.05) is 0 Å². The number of nitrogens with two attached hydrogens (primary N) is 1. The molecule has 1 aromatic heterocycles. The highest BCUT2D eigenvalue weighted by atomic mass is 32.2. The number of benzene rings is 2. The van der Waals surface area contributed by atoms with E-state index in [0.717, 1.165) is 16.7 Å². The summed E-state index contributed by atoms with van der Waals surface area (Å²) in [7, 11) is -3.90. The number of H-pyrrole nitrogens is 1. The Hall–Kier alpha value is -2.58. The lowest BCUT2D eigenvalue weighted by atomic mass is 9.98. The third-order valence-electron chi connectivity index (χ3n) is 3.50. The van der Waals surface area contributed by atoms with Gasteiger partial charge in [0.25, 0.3) is 0 Å². The quantitative estimate of drug-likeness (QED) is 0.742. The van der Waals surface area contributed by atoms with Gasteiger partial charge in [-0.1, -0.05) is 55.8 Å². The Kier molecular flexibility index (Phi) is 6.00. The second kappa shape index (κ2) is 8.00. The van der Waals surface area contributed by atoms with Gasteiger partial charge in [0, 0.05) is 5.56 Å². The first-order valence-corrected chi connectivity index (χ1v) is 9.44. The molecule has 3 aromatic rings. The molecule has 3 rings (SSSR count). The van der Waals surface area contributed by atoms with E-state index in [1.54, 1.807) is 6.07 Å². The summed E-state index contributed by atoms with van der Waals surface area (Å²) in [5.74, 6) is 0.205. The maximum absolute atomic E-state index is 11.9. The molecule has 0 bridgehead atoms. The zero-order valence-electron chi connectivity index (χ0n) is 14.4. The highest BCUT2D eigenvalue weighted by Gasteiger charge is 2.21. The monoisotopic (exact) mass is 359 g/mol. The van der Waals surface area contributed by atoms with E-state index in [9.17, 15) is 8.42 Å². The van der Waals surface area contributed by atoms with Gasteiger partial charge in [-0.05, 0) is 35.8 Å². The Balaban J connectivity index is 0.00000109. The largest absolute Gasteiger partial charge is 0.238 e. The molecular formula is C17H21N5O2S. The maximum atomic E-state index is 11.9. The number of primary sulfonamides is 1. The molecule has 2 aromatic carbocycles. The lowest BCUT2D eigenvalue weighted by Gasteiger charge is -2.11. The van der Waals surface area contributed by atoms with Crippen LogP contribution in [0.1, 0.15) is 30.5 Å². The van der Waals surface area contributed by atoms with E-state index in [2.05, 4.69) is 20.6 Å². The number of sulfonamides is 1. The zero-order chi connectivity index (χ0) is 18.4. The van der Waals surface area contributed by atoms with Gasteiger partial charge in [-0.2, -0.15) is 5.21 Å². The molecule has 0 aliphatic heterocycles. The predicted molar refractivity (Wildman–Crippen MR) is 96.3 cm³/mol. The molecule has 0 saturated heterocycles. The van der Waals surface area contributed by atoms with Crippen LogP contribution in [0.2, 0.25) is 0 Å². The second-order valence-corrected chi connectivity index (χ2v) is 6.76. The fourth-order valence-electron chi connectivity index (χ4n) is 2.41. The smallest absolute Gasteiger partial charge is 0.225 e. The van der Waals surface area contributed by atoms with Crippen molar-refractivity contribution in [1.29, 1.82) is 0 Å². The van der Waals surface area contributed by atoms with Crippen molar-refractivity contribution in [1.82, 2.24) is 20.6 Å². The summed E-state index contributed by atoms with van der Waals surface area (Å²) in [6.07, 6.45) is 0.535. The van der Waals surface area contributed by atoms with Crippen molar-refractivity contribution in [3.8, 4) is 11.4 Å². The number of aromatic nitrogens is 4. The highest BCUT2D eigenvalue weighted by molar-refractivity contribution is 7.89. The van der Waals surface area contributed by atoms with E-state index in [0.29, 0.717) is 12.0 Å². The third-order valence-corrected chi connectivity index (χ3v) is 4.46. The normalized spacial score (nSPS) is 10.9. The number of hydrogen-bond acceptors (Lipinski definition) is 5. The fraction of sp³-hybridized carbons (Fsp3) is 0.235. The molecule has 0 saturated carbocycles. The van der Waals surface area contributed by atoms with E-state index < -0.39 is 10.0 Å². The number of nitrogens with zero attached hydrogens (tertiary/aromatic N) is 3. The molecule has 0 radical (unpaired) electrons. The minimum atomic E-state index is -3.90. The fourth-order valence-corrected chi connectivity index (χ4v) is 3.18. The van der Waals surface area contributed by atoms with Crippen LogP contribution >= 0.6 is 0 Å². The van der Waals surface area contributed by atoms with Gasteiger partial charge in [0.05, 0.1) is 4.90 Å². The van der Waals surface area contributed by atoms with E-state index in [1.165, 1.54) is 6.07 Å². The number of nitrogens with one attached hydrogen (secondary N) is 1. The Morgan fingerprint density at radius 1 is 1.08 bits per heavy atom. The van der Waals surface area contributed by atoms with Crippen LogP contribution in [0.25, 0.3) is 11.4 Å². The van der Waals surface area contributed by atoms with Gasteiger partial charge in [-0.3, -0.25) is 0 Å². The molecule has 1 heterocycles. The molecule has 0 spiro atoms. The average Bonchev–Trinajstić information content (AvgIpc) is 3.12. The summed E-state index contributed by atoms with van der Waals surface area (Å²) in [6.45, 7) is 6.01. The molecular weight excluding hydrogens is 338 g/mol. The third kappa shape index (κ3) is 4.49. The summed E-state index contributed by atoms with van der Waals surface area (Å²) in [4.78, 5) is -0.0106. The summed E-state index contributed by atoms with van der Waals surface area (Å²) < 4.78 is 23.8. The van der Waals surface area contributed by atoms with Gasteiger partial charge in [0.2, 0.25) is 15.8 Å². The lowest BCUT2D eigenvalue weighted by Crippen LogP contribution is -2.14. The summed E-state index contributed by atoms with van der Waals surface area (Å²) >= 11 is 0. The van der Waals surface area contributed by atoms with Gasteiger partial charge in [-0.25, -0.2) is 13.6 Å². The number of rotatable bonds is 4. The van der Waals surface area contributed by atoms with Gasteiger partial charge in [0.15, 0.2) is 0 Å². The van der Waals surface area contributed by atoms with E-state index >= 15 is 0 Å². The van der Waals surface area contributed by atoms with Crippen LogP contribution in [0.15, 0.2) is 47.4 Å². The standard InChI is InChI=1S/C15H15N5O2S.C2H6/c1-10-5-7-11(8-6-10)9-12-3-2-4-13(23(16,21)22)14(12)15-17-19-20-18-15;1-2/h2-8H,9H2,1H3,(H2,16,21,22)(H,17,18,19,20);1-2H3. The molecule has 0 aliphatic rings. The van der Waals surface area contributed by atoms with Crippen molar-refractivity contribution < 1.29 is 8.42 Å². The van der Waals surface area contributed by atoms with Gasteiger partial charge in [0.1, 0.15) is 0 Å². The molecule has 8 heteroatoms. The maximum Gasteiger partial charge on any atom is 0.238 e. The number of aromatic amines is 1. The second-order valence-electron chi connectivity index (χ2n) is 5.23. The Morgan fingerprint density at radius 3 is 2.32 bits per heavy atom. The molecule has 0 unspecified atom stereocenters. The molecule has 7 nitrogen and oxygen atoms in total. The van der Waals surface area contributed by atoms with Gasteiger partial charge in [-0.15, -0.1) is 10.2 Å². The molecule has 0 fully saturated rings. The first kappa shape index (κ1) is 18.8. The molecule has 3 N–H and O–H groups in total. The van der Waals surface area contributed by atoms with Crippen molar-refractivity contribution in [3.05, 3.63) is 59.2 Å². The summed E-state index contributed by atoms with van der Waals surface area (Å²) in [5.41, 5.74) is 3.35. The minimum absolute atomic E-state index is 0.0106. The SMILES string of the molecule is CC.Cc1ccc(Cc2cccc(S(N)(=O)=O)c2-c2nn[nH]n2)cc1. The number of aryl methyl sites for hydroxylation is 1. The molecule has 25 heavy (non-hydrogen) atoms. The van der Waals surface area contributed by atoms with Gasteiger partial charge >= 0.3 is 0 Å². The summed E-state index contributed by atoms with van der Waals surface area (Å²) in [5, 5.41) is 19.0. The zero-order valence-corrected chi connectivity index (χ0v) is 15.2. The Bertz CT molecular complexity index is 920. The molecule has 0 amide bonds. The predicted octanol–water partition coefficient (Wildman–Crippen LogP) is 2.44. The van der Waals surface area contributed by atoms with Crippen molar-refractivity contribution in [2.24, 2.45) is 5.14 Å². The Labute approximate surface area is 147 Å². The lowest BCUT2D eigenvalue weighted by molar-refractivity contribution is 0.598. The number of tetrazole rings is 1. The number of hydrogen-bond donors (Lipinski definition) is 2. The minimum Gasteiger partial charge on any atom is -0.225 e. The van der Waals surface area contributed by atoms with Crippen LogP contribution in [0.3, 0.4) is 0 Å². The first-order chi connectivity index (χ1) is 11.9. The van der Waals surface area contributed by atoms with Crippen LogP contribution in [-0.2, 0) is 16.4 Å². The molecule has 0 atom stereocenters. The van der Waals surface area contributed by atoms with Crippen molar-refractivity contribution in [3.63, 3.8) is 0 Å². The summed E-state index contributed by atoms with van der Waals surface area (Å²) in [6, 6.07) is 12.9. The molecule has 132 valence electrons. The van der Waals surface area contributed by atoms with E-state index in [4.69, 9.17) is 5.14 Å². The Morgan fingerprint density at radius 2 is 1.76 bits per heavy atom. The van der Waals surface area contributed by atoms with Crippen LogP contribution in [-0.4, -0.2) is 29.0 Å². The van der Waals surface area contributed by atoms with Crippen LogP contribution in [0.4, 0.5) is 0 Å². The van der Waals surface area contributed by atoms with Crippen LogP contribution in [0.5, 0.6) is 0 Å². The molecule has 0 aliphatic carbocycles. The average molecular weight is 359 g/mol. The van der Waals surface area contributed by atoms with Crippen molar-refractivity contribution >= 4 is 10.0 Å². The van der Waals surface area contributed by atoms with Crippen LogP contribution in [0, 0.1) is 6.92 Å². The van der Waals surface area contributed by atoms with Crippen molar-refractivity contribution in [2.45, 2.75) is 32.1 Å². The highest BCUT2D eigenvalue weighted by Crippen LogP contribution is 2.29. The van der Waals surface area contributed by atoms with Gasteiger partial charge < -0.3 is 0 Å². The van der Waals surface area contributed by atoms with E-state index in [1.807, 2.05) is 51.1 Å². The van der Waals surface area contributed by atoms with E-state index in [-0.39, 0.29) is 10.7 Å². The topological polar surface area (TPSA) is 115 Å². The first-order valence-electron chi connectivity index (χ1n) is 7.89. The van der Waals surface area contributed by atoms with Crippen LogP contribution < -0.4 is 5.14 Å².